The molecule has 2 heterocycles. The van der Waals surface area contributed by atoms with Gasteiger partial charge in [0.05, 0.1) is 12.7 Å². The van der Waals surface area contributed by atoms with Gasteiger partial charge in [0.15, 0.2) is 5.11 Å². The Kier molecular flexibility index (Phi) is 5.24. The molecule has 0 aromatic carbocycles. The van der Waals surface area contributed by atoms with Crippen molar-refractivity contribution >= 4 is 39.6 Å². The van der Waals surface area contributed by atoms with Gasteiger partial charge in [0.2, 0.25) is 0 Å². The minimum Gasteiger partial charge on any atom is -0.465 e. The van der Waals surface area contributed by atoms with Gasteiger partial charge in [0.25, 0.3) is 0 Å². The number of nitrogens with one attached hydrogen (secondary N) is 2. The summed E-state index contributed by atoms with van der Waals surface area (Å²) in [5.74, 6) is -0.378. The zero-order valence-corrected chi connectivity index (χ0v) is 13.3. The average Bonchev–Trinajstić information content (AvgIpc) is 2.86. The first-order chi connectivity index (χ1) is 10.1. The number of ether oxygens (including phenoxy) is 1. The second-order valence-corrected chi connectivity index (χ2v) is 5.92. The van der Waals surface area contributed by atoms with E-state index in [1.807, 2.05) is 19.1 Å². The van der Waals surface area contributed by atoms with Gasteiger partial charge in [-0.1, -0.05) is 6.07 Å². The molecule has 0 unspecified atom stereocenters. The lowest BCUT2D eigenvalue weighted by atomic mass is 10.3. The number of rotatable bonds is 4. The number of methoxy groups -OCH3 is 1. The van der Waals surface area contributed by atoms with Gasteiger partial charge in [-0.2, -0.15) is 0 Å². The third-order valence-electron chi connectivity index (χ3n) is 2.66. The van der Waals surface area contributed by atoms with Gasteiger partial charge < -0.3 is 15.4 Å². The maximum atomic E-state index is 11.7. The Balaban J connectivity index is 1.98. The standard InChI is InChI=1S/C14H15N3O2S2/c1-9-6-11(13(18)19-2)12(21-9)17-14(20)16-8-10-4-3-5-15-7-10/h3-7H,8H2,1-2H3,(H2,16,17,20). The second kappa shape index (κ2) is 7.14. The fraction of sp³-hybridized carbons (Fsp3) is 0.214. The number of thiophene rings is 1. The predicted molar refractivity (Wildman–Crippen MR) is 87.7 cm³/mol. The number of aromatic nitrogens is 1. The summed E-state index contributed by atoms with van der Waals surface area (Å²) >= 11 is 6.70. The number of carbonyl (C=O) groups is 1. The third-order valence-corrected chi connectivity index (χ3v) is 3.88. The number of thiocarbonyl (C=S) groups is 1. The SMILES string of the molecule is COC(=O)c1cc(C)sc1NC(=S)NCc1cccnc1. The summed E-state index contributed by atoms with van der Waals surface area (Å²) in [4.78, 5) is 16.7. The molecule has 0 bridgehead atoms. The van der Waals surface area contributed by atoms with E-state index < -0.39 is 0 Å². The van der Waals surface area contributed by atoms with Crippen LogP contribution in [0, 0.1) is 6.92 Å². The molecule has 5 nitrogen and oxygen atoms in total. The van der Waals surface area contributed by atoms with E-state index in [1.165, 1.54) is 18.4 Å². The molecule has 110 valence electrons. The van der Waals surface area contributed by atoms with Crippen LogP contribution >= 0.6 is 23.6 Å². The van der Waals surface area contributed by atoms with Crippen molar-refractivity contribution in [3.63, 3.8) is 0 Å². The molecule has 0 aliphatic heterocycles. The summed E-state index contributed by atoms with van der Waals surface area (Å²) in [6.07, 6.45) is 3.49. The Bertz CT molecular complexity index is 641. The number of anilines is 1. The van der Waals surface area contributed by atoms with Crippen LogP contribution < -0.4 is 10.6 Å². The van der Waals surface area contributed by atoms with Gasteiger partial charge >= 0.3 is 5.97 Å². The van der Waals surface area contributed by atoms with Gasteiger partial charge in [-0.3, -0.25) is 4.98 Å². The van der Waals surface area contributed by atoms with E-state index >= 15 is 0 Å². The molecular formula is C14H15N3O2S2. The molecule has 2 aromatic rings. The zero-order valence-electron chi connectivity index (χ0n) is 11.7. The van der Waals surface area contributed by atoms with E-state index in [9.17, 15) is 4.79 Å². The van der Waals surface area contributed by atoms with E-state index in [2.05, 4.69) is 15.6 Å². The van der Waals surface area contributed by atoms with Crippen molar-refractivity contribution in [1.82, 2.24) is 10.3 Å². The van der Waals surface area contributed by atoms with Crippen LogP contribution in [0.1, 0.15) is 20.8 Å². The molecule has 7 heteroatoms. The molecule has 2 rings (SSSR count). The molecule has 2 N–H and O–H groups in total. The molecule has 0 aliphatic carbocycles. The van der Waals surface area contributed by atoms with Crippen molar-refractivity contribution < 1.29 is 9.53 Å². The predicted octanol–water partition coefficient (Wildman–Crippen LogP) is 2.72. The minimum absolute atomic E-state index is 0.378. The highest BCUT2D eigenvalue weighted by atomic mass is 32.1. The quantitative estimate of drug-likeness (QED) is 0.667. The largest absolute Gasteiger partial charge is 0.465 e. The summed E-state index contributed by atoms with van der Waals surface area (Å²) < 4.78 is 4.76. The van der Waals surface area contributed by atoms with Gasteiger partial charge in [0.1, 0.15) is 5.00 Å². The molecule has 0 saturated heterocycles. The first kappa shape index (κ1) is 15.4. The van der Waals surface area contributed by atoms with E-state index in [1.54, 1.807) is 18.5 Å². The topological polar surface area (TPSA) is 63.2 Å². The number of hydrogen-bond acceptors (Lipinski definition) is 5. The van der Waals surface area contributed by atoms with Gasteiger partial charge in [-0.15, -0.1) is 11.3 Å². The molecule has 0 fully saturated rings. The summed E-state index contributed by atoms with van der Waals surface area (Å²) in [7, 11) is 1.36. The summed E-state index contributed by atoms with van der Waals surface area (Å²) in [5.41, 5.74) is 1.52. The first-order valence-electron chi connectivity index (χ1n) is 6.22. The number of aryl methyl sites for hydroxylation is 1. The van der Waals surface area contributed by atoms with Crippen molar-refractivity contribution in [3.05, 3.63) is 46.6 Å². The molecule has 0 spiro atoms. The number of hydrogen-bond donors (Lipinski definition) is 2. The fourth-order valence-corrected chi connectivity index (χ4v) is 2.84. The zero-order chi connectivity index (χ0) is 15.2. The summed E-state index contributed by atoms with van der Waals surface area (Å²) in [6, 6.07) is 5.60. The Hall–Kier alpha value is -1.99. The smallest absolute Gasteiger partial charge is 0.340 e. The summed E-state index contributed by atoms with van der Waals surface area (Å²) in [5, 5.41) is 7.24. The van der Waals surface area contributed by atoms with Crippen molar-refractivity contribution in [2.45, 2.75) is 13.5 Å². The van der Waals surface area contributed by atoms with E-state index in [0.717, 1.165) is 10.4 Å². The van der Waals surface area contributed by atoms with Crippen LogP contribution in [-0.4, -0.2) is 23.2 Å². The van der Waals surface area contributed by atoms with Crippen LogP contribution in [0.2, 0.25) is 0 Å². The van der Waals surface area contributed by atoms with Crippen LogP contribution in [0.5, 0.6) is 0 Å². The van der Waals surface area contributed by atoms with Crippen molar-refractivity contribution in [1.29, 1.82) is 0 Å². The Morgan fingerprint density at radius 2 is 2.33 bits per heavy atom. The normalized spacial score (nSPS) is 10.0. The molecule has 0 radical (unpaired) electrons. The Morgan fingerprint density at radius 3 is 3.00 bits per heavy atom. The third kappa shape index (κ3) is 4.24. The summed E-state index contributed by atoms with van der Waals surface area (Å²) in [6.45, 7) is 2.49. The van der Waals surface area contributed by atoms with E-state index in [-0.39, 0.29) is 5.97 Å². The fourth-order valence-electron chi connectivity index (χ4n) is 1.70. The molecule has 2 aromatic heterocycles. The monoisotopic (exact) mass is 321 g/mol. The molecule has 0 amide bonds. The number of nitrogens with zero attached hydrogens (tertiary/aromatic N) is 1. The molecule has 21 heavy (non-hydrogen) atoms. The van der Waals surface area contributed by atoms with Crippen LogP contribution in [0.3, 0.4) is 0 Å². The Morgan fingerprint density at radius 1 is 1.52 bits per heavy atom. The van der Waals surface area contributed by atoms with Crippen molar-refractivity contribution in [3.8, 4) is 0 Å². The number of pyridine rings is 1. The van der Waals surface area contributed by atoms with Gasteiger partial charge in [-0.25, -0.2) is 4.79 Å². The van der Waals surface area contributed by atoms with Crippen molar-refractivity contribution in [2.75, 3.05) is 12.4 Å². The van der Waals surface area contributed by atoms with Crippen LogP contribution in [-0.2, 0) is 11.3 Å². The lowest BCUT2D eigenvalue weighted by Crippen LogP contribution is -2.28. The highest BCUT2D eigenvalue weighted by molar-refractivity contribution is 7.80. The maximum absolute atomic E-state index is 11.7. The van der Waals surface area contributed by atoms with Crippen LogP contribution in [0.15, 0.2) is 30.6 Å². The minimum atomic E-state index is -0.378. The number of carbonyl (C=O) groups excluding carboxylic acids is 1. The van der Waals surface area contributed by atoms with E-state index in [4.69, 9.17) is 17.0 Å². The Labute approximate surface area is 132 Å². The molecule has 0 atom stereocenters. The van der Waals surface area contributed by atoms with Gasteiger partial charge in [-0.05, 0) is 36.8 Å². The number of esters is 1. The average molecular weight is 321 g/mol. The van der Waals surface area contributed by atoms with Crippen molar-refractivity contribution in [2.24, 2.45) is 0 Å². The van der Waals surface area contributed by atoms with Crippen LogP contribution in [0.4, 0.5) is 5.00 Å². The molecular weight excluding hydrogens is 306 g/mol. The highest BCUT2D eigenvalue weighted by Crippen LogP contribution is 2.28. The molecule has 0 saturated carbocycles. The van der Waals surface area contributed by atoms with Crippen LogP contribution in [0.25, 0.3) is 0 Å². The van der Waals surface area contributed by atoms with Gasteiger partial charge in [0, 0.05) is 23.8 Å². The highest BCUT2D eigenvalue weighted by Gasteiger charge is 2.16. The van der Waals surface area contributed by atoms with E-state index in [0.29, 0.717) is 22.2 Å². The molecule has 0 aliphatic rings. The lowest BCUT2D eigenvalue weighted by Gasteiger charge is -2.10. The first-order valence-corrected chi connectivity index (χ1v) is 7.45. The second-order valence-electron chi connectivity index (χ2n) is 4.26. The lowest BCUT2D eigenvalue weighted by molar-refractivity contribution is 0.0602. The maximum Gasteiger partial charge on any atom is 0.340 e.